The van der Waals surface area contributed by atoms with Crippen LogP contribution in [-0.2, 0) is 0 Å². The molecule has 2 nitrogen and oxygen atoms in total. The van der Waals surface area contributed by atoms with E-state index in [4.69, 9.17) is 4.42 Å². The number of H-pyrrole nitrogens is 1. The van der Waals surface area contributed by atoms with Crippen molar-refractivity contribution in [1.29, 1.82) is 0 Å². The Bertz CT molecular complexity index is 985. The lowest BCUT2D eigenvalue weighted by Crippen LogP contribution is -1.72. The van der Waals surface area contributed by atoms with E-state index in [9.17, 15) is 0 Å². The molecule has 0 spiro atoms. The van der Waals surface area contributed by atoms with Crippen molar-refractivity contribution in [1.82, 2.24) is 4.98 Å². The molecule has 4 aromatic rings. The van der Waals surface area contributed by atoms with E-state index in [1.807, 2.05) is 18.2 Å². The van der Waals surface area contributed by atoms with Gasteiger partial charge in [-0.05, 0) is 18.2 Å². The molecule has 20 heavy (non-hydrogen) atoms. The van der Waals surface area contributed by atoms with Crippen molar-refractivity contribution in [2.75, 3.05) is 0 Å². The van der Waals surface area contributed by atoms with Gasteiger partial charge in [0.15, 0.2) is 5.58 Å². The summed E-state index contributed by atoms with van der Waals surface area (Å²) >= 11 is 0. The van der Waals surface area contributed by atoms with E-state index in [0.29, 0.717) is 0 Å². The number of aromatic amines is 1. The summed E-state index contributed by atoms with van der Waals surface area (Å²) in [5.74, 6) is 0.765. The second-order valence-corrected chi connectivity index (χ2v) is 4.82. The summed E-state index contributed by atoms with van der Waals surface area (Å²) in [5.41, 5.74) is 4.01. The van der Waals surface area contributed by atoms with E-state index < -0.39 is 0 Å². The van der Waals surface area contributed by atoms with Crippen LogP contribution in [0.15, 0.2) is 54.0 Å². The summed E-state index contributed by atoms with van der Waals surface area (Å²) in [4.78, 5) is 3.45. The summed E-state index contributed by atoms with van der Waals surface area (Å²) in [7, 11) is 0. The Labute approximate surface area is 116 Å². The molecule has 0 fully saturated rings. The number of hydrogen-bond donors (Lipinski definition) is 1. The monoisotopic (exact) mass is 259 g/mol. The van der Waals surface area contributed by atoms with Gasteiger partial charge >= 0.3 is 0 Å². The highest BCUT2D eigenvalue weighted by molar-refractivity contribution is 6.16. The van der Waals surface area contributed by atoms with Crippen molar-refractivity contribution < 1.29 is 4.42 Å². The average molecular weight is 259 g/mol. The number of nitrogens with one attached hydrogen (secondary N) is 1. The maximum atomic E-state index is 5.96. The second kappa shape index (κ2) is 3.87. The van der Waals surface area contributed by atoms with E-state index >= 15 is 0 Å². The normalized spacial score (nSPS) is 11.4. The van der Waals surface area contributed by atoms with Crippen LogP contribution in [0.1, 0.15) is 11.3 Å². The van der Waals surface area contributed by atoms with Crippen LogP contribution in [0, 0.1) is 0 Å². The smallest absolute Gasteiger partial charge is 0.159 e. The second-order valence-electron chi connectivity index (χ2n) is 4.82. The molecular formula is C18H13NO. The molecule has 0 aliphatic heterocycles. The zero-order valence-corrected chi connectivity index (χ0v) is 10.9. The highest BCUT2D eigenvalue weighted by Crippen LogP contribution is 2.35. The predicted molar refractivity (Wildman–Crippen MR) is 85.8 cm³/mol. The third-order valence-electron chi connectivity index (χ3n) is 3.79. The van der Waals surface area contributed by atoms with Gasteiger partial charge in [-0.1, -0.05) is 43.5 Å². The van der Waals surface area contributed by atoms with Gasteiger partial charge in [-0.25, -0.2) is 0 Å². The molecule has 2 aromatic heterocycles. The Hall–Kier alpha value is -2.74. The number of hydrogen-bond acceptors (Lipinski definition) is 1. The van der Waals surface area contributed by atoms with Crippen LogP contribution in [-0.4, -0.2) is 4.98 Å². The summed E-state index contributed by atoms with van der Waals surface area (Å²) in [6.45, 7) is 7.67. The minimum atomic E-state index is 0.765. The Morgan fingerprint density at radius 3 is 2.50 bits per heavy atom. The summed E-state index contributed by atoms with van der Waals surface area (Å²) in [5, 5.41) is 3.45. The van der Waals surface area contributed by atoms with Crippen molar-refractivity contribution in [2.24, 2.45) is 0 Å². The fraction of sp³-hybridized carbons (Fsp3) is 0. The van der Waals surface area contributed by atoms with Gasteiger partial charge in [0, 0.05) is 27.2 Å². The van der Waals surface area contributed by atoms with Gasteiger partial charge < -0.3 is 9.40 Å². The van der Waals surface area contributed by atoms with Crippen LogP contribution in [0.5, 0.6) is 0 Å². The molecule has 0 aliphatic rings. The molecule has 2 heteroatoms. The van der Waals surface area contributed by atoms with Gasteiger partial charge in [-0.3, -0.25) is 0 Å². The molecule has 2 heterocycles. The number of benzene rings is 2. The summed E-state index contributed by atoms with van der Waals surface area (Å²) in [6, 6.07) is 12.5. The van der Waals surface area contributed by atoms with Gasteiger partial charge in [0.25, 0.3) is 0 Å². The number of fused-ring (bicyclic) bond motifs is 5. The van der Waals surface area contributed by atoms with Crippen LogP contribution in [0.25, 0.3) is 44.9 Å². The molecule has 96 valence electrons. The van der Waals surface area contributed by atoms with Gasteiger partial charge in [0.2, 0.25) is 0 Å². The third-order valence-corrected chi connectivity index (χ3v) is 3.79. The predicted octanol–water partition coefficient (Wildman–Crippen LogP) is 5.35. The summed E-state index contributed by atoms with van der Waals surface area (Å²) in [6.07, 6.45) is 3.54. The number of rotatable bonds is 2. The third kappa shape index (κ3) is 1.28. The standard InChI is InChI=1S/C18H13NO/c1-3-11-14-10-9-13-12-7-5-6-8-15(12)19-17(13)18(14)20-16(11)4-2/h3-10,19H,1-2H2. The fourth-order valence-corrected chi connectivity index (χ4v) is 2.87. The lowest BCUT2D eigenvalue weighted by atomic mass is 10.1. The van der Waals surface area contributed by atoms with Crippen molar-refractivity contribution in [3.63, 3.8) is 0 Å². The van der Waals surface area contributed by atoms with Crippen LogP contribution < -0.4 is 0 Å². The Kier molecular flexibility index (Phi) is 2.15. The zero-order valence-electron chi connectivity index (χ0n) is 10.9. The van der Waals surface area contributed by atoms with E-state index in [1.54, 1.807) is 6.08 Å². The molecule has 0 saturated heterocycles. The van der Waals surface area contributed by atoms with Gasteiger partial charge in [0.05, 0.1) is 5.52 Å². The SMILES string of the molecule is C=Cc1oc2c(ccc3c4ccccc4[nH]c32)c1C=C. The Balaban J connectivity index is 2.26. The van der Waals surface area contributed by atoms with Crippen LogP contribution in [0.3, 0.4) is 0 Å². The number of furan rings is 1. The first-order valence-electron chi connectivity index (χ1n) is 6.54. The summed E-state index contributed by atoms with van der Waals surface area (Å²) < 4.78 is 5.96. The van der Waals surface area contributed by atoms with Gasteiger partial charge in [0.1, 0.15) is 5.76 Å². The minimum Gasteiger partial charge on any atom is -0.454 e. The maximum Gasteiger partial charge on any atom is 0.159 e. The average Bonchev–Trinajstić information content (AvgIpc) is 3.04. The Morgan fingerprint density at radius 2 is 1.70 bits per heavy atom. The van der Waals surface area contributed by atoms with Crippen molar-refractivity contribution in [2.45, 2.75) is 0 Å². The molecule has 0 aliphatic carbocycles. The maximum absolute atomic E-state index is 5.96. The molecule has 1 N–H and O–H groups in total. The molecule has 0 bridgehead atoms. The van der Waals surface area contributed by atoms with Crippen molar-refractivity contribution >= 4 is 44.9 Å². The molecule has 0 saturated carbocycles. The lowest BCUT2D eigenvalue weighted by Gasteiger charge is -1.93. The zero-order chi connectivity index (χ0) is 13.7. The minimum absolute atomic E-state index is 0.765. The fourth-order valence-electron chi connectivity index (χ4n) is 2.87. The first-order chi connectivity index (χ1) is 9.83. The van der Waals surface area contributed by atoms with Gasteiger partial charge in [-0.15, -0.1) is 0 Å². The highest BCUT2D eigenvalue weighted by Gasteiger charge is 2.14. The van der Waals surface area contributed by atoms with E-state index in [0.717, 1.165) is 33.3 Å². The van der Waals surface area contributed by atoms with Crippen molar-refractivity contribution in [3.8, 4) is 0 Å². The van der Waals surface area contributed by atoms with E-state index in [2.05, 4.69) is 42.4 Å². The lowest BCUT2D eigenvalue weighted by molar-refractivity contribution is 0.606. The van der Waals surface area contributed by atoms with E-state index in [1.165, 1.54) is 10.8 Å². The van der Waals surface area contributed by atoms with Crippen LogP contribution in [0.4, 0.5) is 0 Å². The van der Waals surface area contributed by atoms with Crippen LogP contribution in [0.2, 0.25) is 0 Å². The molecular weight excluding hydrogens is 246 g/mol. The topological polar surface area (TPSA) is 28.9 Å². The number of aromatic nitrogens is 1. The molecule has 0 radical (unpaired) electrons. The quantitative estimate of drug-likeness (QED) is 0.516. The molecule has 4 rings (SSSR count). The molecule has 0 amide bonds. The number of para-hydroxylation sites is 1. The highest BCUT2D eigenvalue weighted by atomic mass is 16.3. The van der Waals surface area contributed by atoms with Crippen LogP contribution >= 0.6 is 0 Å². The first-order valence-corrected chi connectivity index (χ1v) is 6.54. The van der Waals surface area contributed by atoms with E-state index in [-0.39, 0.29) is 0 Å². The van der Waals surface area contributed by atoms with Crippen molar-refractivity contribution in [3.05, 3.63) is 60.9 Å². The largest absolute Gasteiger partial charge is 0.454 e. The Morgan fingerprint density at radius 1 is 0.900 bits per heavy atom. The molecule has 0 unspecified atom stereocenters. The molecule has 0 atom stereocenters. The van der Waals surface area contributed by atoms with Gasteiger partial charge in [-0.2, -0.15) is 0 Å². The molecule has 2 aromatic carbocycles. The first kappa shape index (κ1) is 11.1.